The summed E-state index contributed by atoms with van der Waals surface area (Å²) in [5.74, 6) is -4.75. The number of aliphatic carboxylic acids is 2. The molecule has 4 aliphatic rings. The lowest BCUT2D eigenvalue weighted by molar-refractivity contribution is -0.324. The Hall–Kier alpha value is -2.27. The van der Waals surface area contributed by atoms with Crippen molar-refractivity contribution in [2.24, 2.45) is 28.8 Å². The highest BCUT2D eigenvalue weighted by molar-refractivity contribution is 5.74. The van der Waals surface area contributed by atoms with Gasteiger partial charge in [0, 0.05) is 23.3 Å². The first-order valence-electron chi connectivity index (χ1n) is 16.9. The van der Waals surface area contributed by atoms with Crippen LogP contribution in [0.3, 0.4) is 0 Å². The molecule has 0 bridgehead atoms. The third-order valence-electron chi connectivity index (χ3n) is 10.4. The molecule has 0 aliphatic carbocycles. The van der Waals surface area contributed by atoms with E-state index in [-0.39, 0.29) is 38.7 Å². The molecule has 0 amide bonds. The molecule has 18 atom stereocenters. The fraction of sp³-hybridized carbons (Fsp3) is 0.935. The van der Waals surface area contributed by atoms with Gasteiger partial charge in [-0.05, 0) is 37.6 Å². The van der Waals surface area contributed by atoms with Crippen molar-refractivity contribution in [1.82, 2.24) is 0 Å². The molecule has 0 aromatic carbocycles. The summed E-state index contributed by atoms with van der Waals surface area (Å²) >= 11 is 0. The van der Waals surface area contributed by atoms with Gasteiger partial charge in [-0.2, -0.15) is 0 Å². The van der Waals surface area contributed by atoms with Crippen molar-refractivity contribution >= 4 is 11.9 Å². The van der Waals surface area contributed by atoms with Crippen molar-refractivity contribution in [1.29, 1.82) is 0 Å². The molecule has 10 unspecified atom stereocenters. The fourth-order valence-corrected chi connectivity index (χ4v) is 7.27. The number of carboxylic acid groups (broad SMARTS) is 2. The van der Waals surface area contributed by atoms with Crippen molar-refractivity contribution in [2.75, 3.05) is 26.4 Å². The van der Waals surface area contributed by atoms with Crippen LogP contribution in [0.15, 0.2) is 5.11 Å². The summed E-state index contributed by atoms with van der Waals surface area (Å²) in [6.07, 6.45) is -21.8. The van der Waals surface area contributed by atoms with E-state index in [1.165, 1.54) is 13.8 Å². The number of aliphatic hydroxyl groups is 6. The summed E-state index contributed by atoms with van der Waals surface area (Å²) < 4.78 is 40.3. The fourth-order valence-electron chi connectivity index (χ4n) is 7.27. The van der Waals surface area contributed by atoms with Crippen LogP contribution in [0.1, 0.15) is 41.0 Å². The normalized spacial score (nSPS) is 45.1. The second-order valence-electron chi connectivity index (χ2n) is 14.4. The molecule has 0 aromatic heterocycles. The minimum absolute atomic E-state index is 0.00497. The van der Waals surface area contributed by atoms with Gasteiger partial charge in [0.1, 0.15) is 48.8 Å². The molecule has 0 aromatic rings. The number of aliphatic hydroxyl groups excluding tert-OH is 6. The number of azide groups is 1. The maximum absolute atomic E-state index is 12.1. The zero-order valence-electron chi connectivity index (χ0n) is 29.0. The molecule has 8 N–H and O–H groups in total. The van der Waals surface area contributed by atoms with Gasteiger partial charge in [-0.15, -0.1) is 0 Å². The number of nitrogens with zero attached hydrogens (tertiary/aromatic N) is 3. The Kier molecular flexibility index (Phi) is 14.0. The highest BCUT2D eigenvalue weighted by atomic mass is 16.7. The summed E-state index contributed by atoms with van der Waals surface area (Å²) in [4.78, 5) is 26.9. The summed E-state index contributed by atoms with van der Waals surface area (Å²) in [7, 11) is 0. The van der Waals surface area contributed by atoms with Crippen LogP contribution in [0, 0.1) is 23.7 Å². The average Bonchev–Trinajstić information content (AvgIpc) is 3.06. The second kappa shape index (κ2) is 17.3. The van der Waals surface area contributed by atoms with Crippen molar-refractivity contribution in [3.63, 3.8) is 0 Å². The van der Waals surface area contributed by atoms with Crippen molar-refractivity contribution in [3.05, 3.63) is 10.4 Å². The van der Waals surface area contributed by atoms with E-state index in [9.17, 15) is 50.4 Å². The predicted molar refractivity (Wildman–Crippen MR) is 168 cm³/mol. The SMILES string of the molecule is CC1C(C[C@@H]2OC(C(=O)O)[C@@H](O)C(O[C@H]3OC[C@@H](C)C(O)C3O)C2O)[C@H](C)CO[C@@H]1OC1C(O)[C@H](C(C)(C)OCCN=[N+]=[N-])OC(C(=O)O)[C@H]1O. The Morgan fingerprint density at radius 1 is 0.784 bits per heavy atom. The summed E-state index contributed by atoms with van der Waals surface area (Å²) in [5.41, 5.74) is 7.20. The minimum Gasteiger partial charge on any atom is -0.479 e. The molecule has 4 aliphatic heterocycles. The molecule has 20 heteroatoms. The van der Waals surface area contributed by atoms with E-state index in [0.29, 0.717) is 0 Å². The van der Waals surface area contributed by atoms with Crippen molar-refractivity contribution in [2.45, 2.75) is 132 Å². The Bertz CT molecular complexity index is 1240. The third-order valence-corrected chi connectivity index (χ3v) is 10.4. The van der Waals surface area contributed by atoms with Gasteiger partial charge in [-0.1, -0.05) is 25.9 Å². The van der Waals surface area contributed by atoms with Gasteiger partial charge in [-0.3, -0.25) is 0 Å². The monoisotopic (exact) mass is 737 g/mol. The molecule has 4 rings (SSSR count). The summed E-state index contributed by atoms with van der Waals surface area (Å²) in [5, 5.41) is 88.5. The van der Waals surface area contributed by atoms with E-state index in [0.717, 1.165) is 0 Å². The molecule has 20 nitrogen and oxygen atoms in total. The van der Waals surface area contributed by atoms with Crippen molar-refractivity contribution < 1.29 is 83.6 Å². The number of rotatable bonds is 13. The molecule has 0 saturated carbocycles. The van der Waals surface area contributed by atoms with Gasteiger partial charge in [0.2, 0.25) is 0 Å². The maximum atomic E-state index is 12.1. The maximum Gasteiger partial charge on any atom is 0.335 e. The Morgan fingerprint density at radius 3 is 1.94 bits per heavy atom. The Morgan fingerprint density at radius 2 is 1.33 bits per heavy atom. The van der Waals surface area contributed by atoms with Gasteiger partial charge in [0.15, 0.2) is 24.8 Å². The quantitative estimate of drug-likeness (QED) is 0.0455. The molecule has 292 valence electrons. The van der Waals surface area contributed by atoms with Gasteiger partial charge in [0.05, 0.1) is 37.6 Å². The lowest BCUT2D eigenvalue weighted by atomic mass is 9.75. The van der Waals surface area contributed by atoms with Crippen LogP contribution in [0.5, 0.6) is 0 Å². The van der Waals surface area contributed by atoms with E-state index < -0.39 is 121 Å². The Balaban J connectivity index is 1.52. The molecule has 0 radical (unpaired) electrons. The van der Waals surface area contributed by atoms with Crippen LogP contribution in [0.2, 0.25) is 0 Å². The molecule has 0 spiro atoms. The number of carboxylic acids is 2. The highest BCUT2D eigenvalue weighted by Gasteiger charge is 2.56. The molecule has 4 heterocycles. The van der Waals surface area contributed by atoms with Crippen LogP contribution in [0.4, 0.5) is 0 Å². The zero-order chi connectivity index (χ0) is 37.9. The van der Waals surface area contributed by atoms with E-state index in [4.69, 9.17) is 38.7 Å². The minimum atomic E-state index is -1.87. The van der Waals surface area contributed by atoms with Crippen LogP contribution < -0.4 is 0 Å². The van der Waals surface area contributed by atoms with Gasteiger partial charge >= 0.3 is 11.9 Å². The molecule has 4 saturated heterocycles. The predicted octanol–water partition coefficient (Wildman–Crippen LogP) is -1.64. The largest absolute Gasteiger partial charge is 0.479 e. The number of hydrogen-bond acceptors (Lipinski definition) is 16. The van der Waals surface area contributed by atoms with Crippen LogP contribution >= 0.6 is 0 Å². The van der Waals surface area contributed by atoms with E-state index in [2.05, 4.69) is 10.0 Å². The first-order valence-corrected chi connectivity index (χ1v) is 16.9. The smallest absolute Gasteiger partial charge is 0.335 e. The zero-order valence-corrected chi connectivity index (χ0v) is 29.0. The standard InChI is InChI=1S/C31H51N3O17/c1-11-9-45-29(50-23-20(39)25(28(43)44)49-26(21(23)40)31(4,5)47-7-6-33-34-32)13(3)14(11)8-15-17(36)22(19(38)24(48-15)27(41)42)51-30-18(37)16(35)12(2)10-46-30/h11-26,29-30,35-40H,6-10H2,1-5H3,(H,41,42)(H,43,44)/t11-,12-,13?,14?,15+,16?,17?,18?,19+,20+,21?,22?,23?,24?,25?,26-,29-,30-/m1/s1. The highest BCUT2D eigenvalue weighted by Crippen LogP contribution is 2.41. The molecular weight excluding hydrogens is 686 g/mol. The van der Waals surface area contributed by atoms with E-state index in [1.54, 1.807) is 13.8 Å². The van der Waals surface area contributed by atoms with Gasteiger partial charge in [-0.25, -0.2) is 9.59 Å². The molecule has 51 heavy (non-hydrogen) atoms. The van der Waals surface area contributed by atoms with Crippen molar-refractivity contribution in [3.8, 4) is 0 Å². The average molecular weight is 738 g/mol. The number of hydrogen-bond donors (Lipinski definition) is 8. The first-order chi connectivity index (χ1) is 23.9. The van der Waals surface area contributed by atoms with Gasteiger partial charge in [0.25, 0.3) is 0 Å². The number of carbonyl (C=O) groups is 2. The second-order valence-corrected chi connectivity index (χ2v) is 14.4. The Labute approximate surface area is 293 Å². The van der Waals surface area contributed by atoms with Crippen LogP contribution in [-0.2, 0) is 42.7 Å². The number of ether oxygens (including phenoxy) is 7. The molecular formula is C31H51N3O17. The van der Waals surface area contributed by atoms with Crippen LogP contribution in [0.25, 0.3) is 10.4 Å². The summed E-state index contributed by atoms with van der Waals surface area (Å²) in [6, 6.07) is 0. The van der Waals surface area contributed by atoms with Gasteiger partial charge < -0.3 is 74.0 Å². The lowest BCUT2D eigenvalue weighted by Gasteiger charge is -2.49. The summed E-state index contributed by atoms with van der Waals surface area (Å²) in [6.45, 7) is 8.20. The topological polar surface area (TPSA) is 309 Å². The van der Waals surface area contributed by atoms with E-state index in [1.807, 2.05) is 6.92 Å². The van der Waals surface area contributed by atoms with Crippen LogP contribution in [-0.4, -0.2) is 171 Å². The lowest BCUT2D eigenvalue weighted by Crippen LogP contribution is -2.66. The van der Waals surface area contributed by atoms with E-state index >= 15 is 0 Å². The first kappa shape index (κ1) is 41.5. The molecule has 4 fully saturated rings. The third kappa shape index (κ3) is 9.10.